The minimum atomic E-state index is -1.06. The van der Waals surface area contributed by atoms with Crippen LogP contribution in [0.5, 0.6) is 5.75 Å². The fourth-order valence-electron chi connectivity index (χ4n) is 1.81. The Morgan fingerprint density at radius 3 is 2.32 bits per heavy atom. The normalized spacial score (nSPS) is 12.1. The smallest absolute Gasteiger partial charge is 0.123 e. The van der Waals surface area contributed by atoms with Crippen LogP contribution in [0.2, 0.25) is 0 Å². The summed E-state index contributed by atoms with van der Waals surface area (Å²) in [7, 11) is 0.537. The molecule has 2 rings (SSSR count). The molecule has 2 nitrogen and oxygen atoms in total. The van der Waals surface area contributed by atoms with Crippen LogP contribution in [0.1, 0.15) is 11.1 Å². The highest BCUT2D eigenvalue weighted by Gasteiger charge is 2.05. The van der Waals surface area contributed by atoms with Crippen molar-refractivity contribution in [1.82, 2.24) is 0 Å². The van der Waals surface area contributed by atoms with Crippen LogP contribution in [0.15, 0.2) is 48.5 Å². The van der Waals surface area contributed by atoms with Crippen LogP contribution in [0.3, 0.4) is 0 Å². The molecule has 0 bridgehead atoms. The van der Waals surface area contributed by atoms with E-state index >= 15 is 0 Å². The van der Waals surface area contributed by atoms with E-state index in [-0.39, 0.29) is 5.82 Å². The first-order valence-electron chi connectivity index (χ1n) is 5.90. The molecule has 0 heterocycles. The second-order valence-corrected chi connectivity index (χ2v) is 5.67. The topological polar surface area (TPSA) is 26.3 Å². The zero-order chi connectivity index (χ0) is 13.7. The molecule has 1 unspecified atom stereocenters. The average molecular weight is 278 g/mol. The van der Waals surface area contributed by atoms with Crippen molar-refractivity contribution in [3.8, 4) is 5.75 Å². The van der Waals surface area contributed by atoms with Gasteiger partial charge in [-0.1, -0.05) is 24.3 Å². The summed E-state index contributed by atoms with van der Waals surface area (Å²) in [6.07, 6.45) is 0. The maximum absolute atomic E-state index is 13.0. The summed E-state index contributed by atoms with van der Waals surface area (Å²) in [5.41, 5.74) is 1.70. The summed E-state index contributed by atoms with van der Waals surface area (Å²) in [5, 5.41) is 0. The maximum atomic E-state index is 13.0. The lowest BCUT2D eigenvalue weighted by Gasteiger charge is -2.05. The Balaban J connectivity index is 2.01. The van der Waals surface area contributed by atoms with E-state index in [0.717, 1.165) is 16.9 Å². The van der Waals surface area contributed by atoms with E-state index in [1.54, 1.807) is 19.2 Å². The molecular formula is C15H15FO2S. The molecule has 0 N–H and O–H groups in total. The first-order chi connectivity index (χ1) is 9.17. The van der Waals surface area contributed by atoms with Crippen LogP contribution < -0.4 is 4.74 Å². The van der Waals surface area contributed by atoms with Gasteiger partial charge in [-0.15, -0.1) is 0 Å². The van der Waals surface area contributed by atoms with Crippen LogP contribution in [0.4, 0.5) is 4.39 Å². The predicted molar refractivity (Wildman–Crippen MR) is 74.9 cm³/mol. The second kappa shape index (κ2) is 6.48. The van der Waals surface area contributed by atoms with Gasteiger partial charge in [-0.25, -0.2) is 4.39 Å². The largest absolute Gasteiger partial charge is 0.497 e. The third-order valence-electron chi connectivity index (χ3n) is 2.68. The van der Waals surface area contributed by atoms with E-state index in [4.69, 9.17) is 4.74 Å². The van der Waals surface area contributed by atoms with Crippen LogP contribution in [0.25, 0.3) is 0 Å². The first kappa shape index (κ1) is 13.7. The Labute approximate surface area is 114 Å². The summed E-state index contributed by atoms with van der Waals surface area (Å²) in [6.45, 7) is 0. The molecule has 4 heteroatoms. The Bertz CT molecular complexity index is 584. The predicted octanol–water partition coefficient (Wildman–Crippen LogP) is 3.28. The van der Waals surface area contributed by atoms with Crippen molar-refractivity contribution in [2.45, 2.75) is 11.5 Å². The van der Waals surface area contributed by atoms with Gasteiger partial charge < -0.3 is 4.74 Å². The van der Waals surface area contributed by atoms with Crippen LogP contribution in [-0.4, -0.2) is 11.3 Å². The van der Waals surface area contributed by atoms with E-state index in [1.165, 1.54) is 12.1 Å². The highest BCUT2D eigenvalue weighted by atomic mass is 32.2. The molecule has 19 heavy (non-hydrogen) atoms. The second-order valence-electron chi connectivity index (χ2n) is 4.21. The molecule has 0 aliphatic carbocycles. The number of ether oxygens (including phenoxy) is 1. The summed E-state index contributed by atoms with van der Waals surface area (Å²) >= 11 is 0. The zero-order valence-electron chi connectivity index (χ0n) is 10.6. The minimum absolute atomic E-state index is 0.295. The summed E-state index contributed by atoms with van der Waals surface area (Å²) < 4.78 is 30.2. The minimum Gasteiger partial charge on any atom is -0.497 e. The van der Waals surface area contributed by atoms with E-state index in [0.29, 0.717) is 11.5 Å². The molecule has 0 radical (unpaired) electrons. The fraction of sp³-hybridized carbons (Fsp3) is 0.200. The number of rotatable bonds is 5. The highest BCUT2D eigenvalue weighted by Crippen LogP contribution is 2.15. The maximum Gasteiger partial charge on any atom is 0.123 e. The van der Waals surface area contributed by atoms with Gasteiger partial charge >= 0.3 is 0 Å². The third-order valence-corrected chi connectivity index (χ3v) is 3.99. The Hall–Kier alpha value is -1.68. The molecule has 100 valence electrons. The summed E-state index contributed by atoms with van der Waals surface area (Å²) in [5.74, 6) is 1.25. The number of halogens is 1. The number of hydrogen-bond acceptors (Lipinski definition) is 2. The van der Waals surface area contributed by atoms with E-state index in [1.807, 2.05) is 24.3 Å². The van der Waals surface area contributed by atoms with Gasteiger partial charge in [-0.2, -0.15) is 0 Å². The molecule has 0 saturated carbocycles. The lowest BCUT2D eigenvalue weighted by atomic mass is 10.2. The van der Waals surface area contributed by atoms with Gasteiger partial charge in [0.2, 0.25) is 0 Å². The molecule has 0 aliphatic rings. The van der Waals surface area contributed by atoms with Crippen LogP contribution >= 0.6 is 0 Å². The summed E-state index contributed by atoms with van der Waals surface area (Å²) in [4.78, 5) is 0. The van der Waals surface area contributed by atoms with Gasteiger partial charge in [-0.3, -0.25) is 4.21 Å². The molecule has 2 aromatic rings. The SMILES string of the molecule is COc1cccc(CS(=O)Cc2cccc(F)c2)c1. The zero-order valence-corrected chi connectivity index (χ0v) is 11.5. The van der Waals surface area contributed by atoms with Crippen molar-refractivity contribution >= 4 is 10.8 Å². The molecule has 1 atom stereocenters. The molecule has 0 amide bonds. The Morgan fingerprint density at radius 1 is 1.05 bits per heavy atom. The standard InChI is InChI=1S/C15H15FO2S/c1-18-15-7-3-5-13(9-15)11-19(17)10-12-4-2-6-14(16)8-12/h2-9H,10-11H2,1H3. The number of hydrogen-bond donors (Lipinski definition) is 0. The highest BCUT2D eigenvalue weighted by molar-refractivity contribution is 7.83. The molecule has 2 aromatic carbocycles. The molecular weight excluding hydrogens is 263 g/mol. The molecule has 0 spiro atoms. The average Bonchev–Trinajstić information content (AvgIpc) is 2.38. The number of methoxy groups -OCH3 is 1. The van der Waals surface area contributed by atoms with Crippen LogP contribution in [0, 0.1) is 5.82 Å². The lowest BCUT2D eigenvalue weighted by molar-refractivity contribution is 0.414. The van der Waals surface area contributed by atoms with Gasteiger partial charge in [0.25, 0.3) is 0 Å². The van der Waals surface area contributed by atoms with Crippen LogP contribution in [-0.2, 0) is 22.3 Å². The Kier molecular flexibility index (Phi) is 4.68. The van der Waals surface area contributed by atoms with Crippen molar-refractivity contribution in [3.05, 3.63) is 65.5 Å². The monoisotopic (exact) mass is 278 g/mol. The molecule has 0 saturated heterocycles. The molecule has 0 aliphatic heterocycles. The van der Waals surface area contributed by atoms with Gasteiger partial charge in [0.05, 0.1) is 7.11 Å². The van der Waals surface area contributed by atoms with Crippen molar-refractivity contribution in [2.24, 2.45) is 0 Å². The van der Waals surface area contributed by atoms with E-state index < -0.39 is 10.8 Å². The van der Waals surface area contributed by atoms with Crippen molar-refractivity contribution < 1.29 is 13.3 Å². The van der Waals surface area contributed by atoms with E-state index in [2.05, 4.69) is 0 Å². The lowest BCUT2D eigenvalue weighted by Crippen LogP contribution is -2.00. The van der Waals surface area contributed by atoms with Gasteiger partial charge in [0, 0.05) is 22.3 Å². The quantitative estimate of drug-likeness (QED) is 0.839. The fourth-order valence-corrected chi connectivity index (χ4v) is 3.02. The Morgan fingerprint density at radius 2 is 1.68 bits per heavy atom. The van der Waals surface area contributed by atoms with Gasteiger partial charge in [0.15, 0.2) is 0 Å². The summed E-state index contributed by atoms with van der Waals surface area (Å²) in [6, 6.07) is 13.7. The van der Waals surface area contributed by atoms with Gasteiger partial charge in [-0.05, 0) is 35.4 Å². The number of benzene rings is 2. The van der Waals surface area contributed by atoms with Crippen molar-refractivity contribution in [2.75, 3.05) is 7.11 Å². The van der Waals surface area contributed by atoms with Crippen molar-refractivity contribution in [3.63, 3.8) is 0 Å². The van der Waals surface area contributed by atoms with Gasteiger partial charge in [0.1, 0.15) is 11.6 Å². The molecule has 0 fully saturated rings. The first-order valence-corrected chi connectivity index (χ1v) is 7.38. The molecule has 0 aromatic heterocycles. The van der Waals surface area contributed by atoms with Crippen molar-refractivity contribution in [1.29, 1.82) is 0 Å². The van der Waals surface area contributed by atoms with E-state index in [9.17, 15) is 8.60 Å². The third kappa shape index (κ3) is 4.17.